The van der Waals surface area contributed by atoms with Gasteiger partial charge in [0.05, 0.1) is 21.6 Å². The van der Waals surface area contributed by atoms with Gasteiger partial charge in [-0.25, -0.2) is 9.78 Å². The zero-order valence-corrected chi connectivity index (χ0v) is 13.7. The third-order valence-corrected chi connectivity index (χ3v) is 4.51. The van der Waals surface area contributed by atoms with Crippen molar-refractivity contribution in [3.8, 4) is 0 Å². The maximum Gasteiger partial charge on any atom is 0.321 e. The second-order valence-electron chi connectivity index (χ2n) is 5.53. The number of nitrogens with zero attached hydrogens (tertiary/aromatic N) is 1. The molecule has 0 unspecified atom stereocenters. The molecule has 24 heavy (non-hydrogen) atoms. The largest absolute Gasteiger partial charge is 0.456 e. The second kappa shape index (κ2) is 7.39. The molecule has 1 aromatic heterocycles. The number of benzene rings is 1. The Hall–Kier alpha value is -2.48. The summed E-state index contributed by atoms with van der Waals surface area (Å²) in [7, 11) is 0. The van der Waals surface area contributed by atoms with Gasteiger partial charge in [-0.1, -0.05) is 12.1 Å². The molecule has 126 valence electrons. The van der Waals surface area contributed by atoms with Crippen LogP contribution in [-0.4, -0.2) is 35.5 Å². The third-order valence-electron chi connectivity index (χ3n) is 3.41. The summed E-state index contributed by atoms with van der Waals surface area (Å²) >= 11 is 1.53. The maximum absolute atomic E-state index is 11.7. The highest BCUT2D eigenvalue weighted by Gasteiger charge is 2.24. The van der Waals surface area contributed by atoms with Gasteiger partial charge in [0.25, 0.3) is 5.91 Å². The highest BCUT2D eigenvalue weighted by molar-refractivity contribution is 7.18. The Morgan fingerprint density at radius 2 is 2.04 bits per heavy atom. The van der Waals surface area contributed by atoms with Crippen LogP contribution in [0, 0.1) is 0 Å². The molecule has 1 saturated carbocycles. The molecule has 7 nitrogen and oxygen atoms in total. The molecule has 0 saturated heterocycles. The van der Waals surface area contributed by atoms with Gasteiger partial charge in [-0.2, -0.15) is 0 Å². The van der Waals surface area contributed by atoms with Gasteiger partial charge < -0.3 is 10.1 Å². The summed E-state index contributed by atoms with van der Waals surface area (Å²) in [5.41, 5.74) is 0.909. The molecule has 2 aromatic rings. The Morgan fingerprint density at radius 3 is 2.79 bits per heavy atom. The quantitative estimate of drug-likeness (QED) is 0.776. The normalized spacial score (nSPS) is 13.5. The van der Waals surface area contributed by atoms with Gasteiger partial charge in [0.15, 0.2) is 6.61 Å². The Balaban J connectivity index is 1.37. The van der Waals surface area contributed by atoms with Crippen LogP contribution in [0.4, 0.5) is 4.79 Å². The number of ether oxygens (including phenoxy) is 1. The molecule has 8 heteroatoms. The van der Waals surface area contributed by atoms with E-state index >= 15 is 0 Å². The number of aryl methyl sites for hydroxylation is 1. The predicted molar refractivity (Wildman–Crippen MR) is 88.6 cm³/mol. The standard InChI is InChI=1S/C16H17N3O4S/c20-13(19-16(22)17-10-5-6-10)9-23-15(21)8-7-14-18-11-3-1-2-4-12(11)24-14/h1-4,10H,5-9H2,(H2,17,19,20,22). The molecular weight excluding hydrogens is 330 g/mol. The van der Waals surface area contributed by atoms with Crippen molar-refractivity contribution in [1.29, 1.82) is 0 Å². The van der Waals surface area contributed by atoms with Crippen LogP contribution in [0.3, 0.4) is 0 Å². The summed E-state index contributed by atoms with van der Waals surface area (Å²) in [5.74, 6) is -1.13. The number of imide groups is 1. The van der Waals surface area contributed by atoms with E-state index in [4.69, 9.17) is 4.74 Å². The molecule has 0 radical (unpaired) electrons. The highest BCUT2D eigenvalue weighted by Crippen LogP contribution is 2.22. The van der Waals surface area contributed by atoms with E-state index < -0.39 is 24.5 Å². The molecule has 0 aliphatic heterocycles. The van der Waals surface area contributed by atoms with Gasteiger partial charge in [0, 0.05) is 12.5 Å². The fourth-order valence-electron chi connectivity index (χ4n) is 2.07. The van der Waals surface area contributed by atoms with Crippen LogP contribution in [0.2, 0.25) is 0 Å². The Labute approximate surface area is 142 Å². The van der Waals surface area contributed by atoms with E-state index in [-0.39, 0.29) is 12.5 Å². The number of carbonyl (C=O) groups is 3. The number of urea groups is 1. The van der Waals surface area contributed by atoms with Gasteiger partial charge in [-0.05, 0) is 25.0 Å². The van der Waals surface area contributed by atoms with Gasteiger partial charge in [-0.15, -0.1) is 11.3 Å². The first-order chi connectivity index (χ1) is 11.6. The van der Waals surface area contributed by atoms with Crippen molar-refractivity contribution in [2.24, 2.45) is 0 Å². The first-order valence-electron chi connectivity index (χ1n) is 7.70. The molecule has 0 atom stereocenters. The molecule has 2 N–H and O–H groups in total. The van der Waals surface area contributed by atoms with E-state index in [9.17, 15) is 14.4 Å². The van der Waals surface area contributed by atoms with Crippen LogP contribution < -0.4 is 10.6 Å². The van der Waals surface area contributed by atoms with Crippen molar-refractivity contribution in [3.63, 3.8) is 0 Å². The lowest BCUT2D eigenvalue weighted by Gasteiger charge is -2.06. The van der Waals surface area contributed by atoms with Crippen LogP contribution in [0.5, 0.6) is 0 Å². The lowest BCUT2D eigenvalue weighted by Crippen LogP contribution is -2.42. The lowest BCUT2D eigenvalue weighted by atomic mass is 10.3. The van der Waals surface area contributed by atoms with E-state index in [1.807, 2.05) is 24.3 Å². The van der Waals surface area contributed by atoms with Crippen LogP contribution in [0.25, 0.3) is 10.2 Å². The minimum atomic E-state index is -0.638. The van der Waals surface area contributed by atoms with Gasteiger partial charge in [0.2, 0.25) is 0 Å². The Bertz CT molecular complexity index is 737. The fourth-order valence-corrected chi connectivity index (χ4v) is 3.03. The molecule has 1 heterocycles. The highest BCUT2D eigenvalue weighted by atomic mass is 32.1. The number of esters is 1. The average Bonchev–Trinajstić information content (AvgIpc) is 3.26. The SMILES string of the molecule is O=C(COC(=O)CCc1nc2ccccc2s1)NC(=O)NC1CC1. The summed E-state index contributed by atoms with van der Waals surface area (Å²) in [5, 5.41) is 5.58. The first kappa shape index (κ1) is 16.4. The van der Waals surface area contributed by atoms with Crippen LogP contribution >= 0.6 is 11.3 Å². The fraction of sp³-hybridized carbons (Fsp3) is 0.375. The minimum absolute atomic E-state index is 0.140. The number of thiazole rings is 1. The van der Waals surface area contributed by atoms with Crippen molar-refractivity contribution in [2.75, 3.05) is 6.61 Å². The maximum atomic E-state index is 11.7. The van der Waals surface area contributed by atoms with Gasteiger partial charge >= 0.3 is 12.0 Å². The number of rotatable bonds is 6. The molecule has 1 aliphatic rings. The monoisotopic (exact) mass is 347 g/mol. The van der Waals surface area contributed by atoms with Crippen molar-refractivity contribution in [3.05, 3.63) is 29.3 Å². The number of hydrogen-bond acceptors (Lipinski definition) is 6. The van der Waals surface area contributed by atoms with Crippen molar-refractivity contribution < 1.29 is 19.1 Å². The Kier molecular flexibility index (Phi) is 5.05. The van der Waals surface area contributed by atoms with Crippen LogP contribution in [0.15, 0.2) is 24.3 Å². The molecule has 0 bridgehead atoms. The average molecular weight is 347 g/mol. The number of carbonyl (C=O) groups excluding carboxylic acids is 3. The Morgan fingerprint density at radius 1 is 1.25 bits per heavy atom. The van der Waals surface area contributed by atoms with E-state index in [0.717, 1.165) is 28.1 Å². The summed E-state index contributed by atoms with van der Waals surface area (Å²) in [6.07, 6.45) is 2.47. The number of amides is 3. The molecular formula is C16H17N3O4S. The number of para-hydroxylation sites is 1. The minimum Gasteiger partial charge on any atom is -0.456 e. The molecule has 1 fully saturated rings. The van der Waals surface area contributed by atoms with Crippen LogP contribution in [0.1, 0.15) is 24.3 Å². The van der Waals surface area contributed by atoms with Crippen molar-refractivity contribution >= 4 is 39.5 Å². The van der Waals surface area contributed by atoms with E-state index in [1.165, 1.54) is 11.3 Å². The predicted octanol–water partition coefficient (Wildman–Crippen LogP) is 1.76. The summed E-state index contributed by atoms with van der Waals surface area (Å²) in [6.45, 7) is -0.462. The van der Waals surface area contributed by atoms with Crippen molar-refractivity contribution in [1.82, 2.24) is 15.6 Å². The lowest BCUT2D eigenvalue weighted by molar-refractivity contribution is -0.148. The number of hydrogen-bond donors (Lipinski definition) is 2. The zero-order chi connectivity index (χ0) is 16.9. The van der Waals surface area contributed by atoms with Crippen molar-refractivity contribution in [2.45, 2.75) is 31.7 Å². The number of fused-ring (bicyclic) bond motifs is 1. The second-order valence-corrected chi connectivity index (χ2v) is 6.65. The molecule has 3 amide bonds. The molecule has 1 aromatic carbocycles. The van der Waals surface area contributed by atoms with E-state index in [1.54, 1.807) is 0 Å². The van der Waals surface area contributed by atoms with Gasteiger partial charge in [0.1, 0.15) is 0 Å². The number of aromatic nitrogens is 1. The number of nitrogens with one attached hydrogen (secondary N) is 2. The van der Waals surface area contributed by atoms with Gasteiger partial charge in [-0.3, -0.25) is 14.9 Å². The molecule has 0 spiro atoms. The summed E-state index contributed by atoms with van der Waals surface area (Å²) < 4.78 is 5.94. The van der Waals surface area contributed by atoms with E-state index in [2.05, 4.69) is 15.6 Å². The molecule has 3 rings (SSSR count). The summed E-state index contributed by atoms with van der Waals surface area (Å²) in [6, 6.07) is 7.37. The molecule has 1 aliphatic carbocycles. The first-order valence-corrected chi connectivity index (χ1v) is 8.52. The third kappa shape index (κ3) is 4.76. The smallest absolute Gasteiger partial charge is 0.321 e. The van der Waals surface area contributed by atoms with Crippen LogP contribution in [-0.2, 0) is 20.7 Å². The zero-order valence-electron chi connectivity index (χ0n) is 12.9. The topological polar surface area (TPSA) is 97.4 Å². The summed E-state index contributed by atoms with van der Waals surface area (Å²) in [4.78, 5) is 39.0. The van der Waals surface area contributed by atoms with E-state index in [0.29, 0.717) is 6.42 Å².